The number of halogens is 3. The van der Waals surface area contributed by atoms with E-state index >= 15 is 0 Å². The van der Waals surface area contributed by atoms with E-state index in [9.17, 15) is 18.0 Å². The van der Waals surface area contributed by atoms with Gasteiger partial charge in [0.25, 0.3) is 5.91 Å². The van der Waals surface area contributed by atoms with Gasteiger partial charge in [0, 0.05) is 18.9 Å². The van der Waals surface area contributed by atoms with Gasteiger partial charge in [-0.3, -0.25) is 4.79 Å². The lowest BCUT2D eigenvalue weighted by Gasteiger charge is -2.35. The van der Waals surface area contributed by atoms with Gasteiger partial charge in [0.15, 0.2) is 0 Å². The lowest BCUT2D eigenvalue weighted by atomic mass is 9.79. The summed E-state index contributed by atoms with van der Waals surface area (Å²) in [7, 11) is 1.61. The molecule has 7 heteroatoms. The Morgan fingerprint density at radius 3 is 2.50 bits per heavy atom. The Labute approximate surface area is 127 Å². The van der Waals surface area contributed by atoms with Crippen LogP contribution in [0.15, 0.2) is 18.8 Å². The highest BCUT2D eigenvalue weighted by Crippen LogP contribution is 2.37. The Bertz CT molecular complexity index is 573. The molecule has 0 saturated heterocycles. The van der Waals surface area contributed by atoms with Crippen molar-refractivity contribution < 1.29 is 18.0 Å². The van der Waals surface area contributed by atoms with Gasteiger partial charge in [-0.1, -0.05) is 13.0 Å². The molecule has 2 N–H and O–H groups in total. The van der Waals surface area contributed by atoms with E-state index in [2.05, 4.69) is 17.2 Å². The number of allylic oxidation sites excluding steroid dienone is 1. The van der Waals surface area contributed by atoms with Crippen LogP contribution in [-0.2, 0) is 0 Å². The Morgan fingerprint density at radius 1 is 1.45 bits per heavy atom. The third kappa shape index (κ3) is 3.13. The molecule has 1 amide bonds. The number of hydrogen-bond acceptors (Lipinski definition) is 2. The van der Waals surface area contributed by atoms with Gasteiger partial charge >= 0.3 is 6.18 Å². The first-order valence-electron chi connectivity index (χ1n) is 7.18. The predicted octanol–water partition coefficient (Wildman–Crippen LogP) is 3.48. The lowest BCUT2D eigenvalue weighted by molar-refractivity contribution is -0.171. The van der Waals surface area contributed by atoms with E-state index in [4.69, 9.17) is 0 Å². The molecule has 22 heavy (non-hydrogen) atoms. The summed E-state index contributed by atoms with van der Waals surface area (Å²) in [4.78, 5) is 12.3. The number of alkyl halides is 3. The highest BCUT2D eigenvalue weighted by Gasteiger charge is 2.47. The summed E-state index contributed by atoms with van der Waals surface area (Å²) >= 11 is 0. The number of amides is 1. The minimum atomic E-state index is -4.43. The van der Waals surface area contributed by atoms with Gasteiger partial charge in [0.1, 0.15) is 11.9 Å². The summed E-state index contributed by atoms with van der Waals surface area (Å²) in [5, 5.41) is 4.99. The summed E-state index contributed by atoms with van der Waals surface area (Å²) in [6.45, 7) is 5.51. The molecular formula is C15H20F3N3O. The van der Waals surface area contributed by atoms with Gasteiger partial charge in [-0.05, 0) is 31.7 Å². The number of anilines is 1. The average molecular weight is 315 g/mol. The van der Waals surface area contributed by atoms with E-state index in [-0.39, 0.29) is 5.56 Å². The van der Waals surface area contributed by atoms with E-state index in [1.807, 2.05) is 0 Å². The zero-order chi connectivity index (χ0) is 16.5. The smallest absolute Gasteiger partial charge is 0.374 e. The summed E-state index contributed by atoms with van der Waals surface area (Å²) < 4.78 is 41.0. The van der Waals surface area contributed by atoms with Crippen LogP contribution in [0.5, 0.6) is 0 Å². The molecule has 0 aliphatic heterocycles. The molecule has 1 atom stereocenters. The fourth-order valence-corrected chi connectivity index (χ4v) is 2.65. The minimum absolute atomic E-state index is 0.180. The number of carbonyl (C=O) groups is 1. The van der Waals surface area contributed by atoms with Crippen LogP contribution in [0.25, 0.3) is 5.70 Å². The van der Waals surface area contributed by atoms with Crippen molar-refractivity contribution in [2.45, 2.75) is 38.4 Å². The second-order valence-electron chi connectivity index (χ2n) is 5.62. The summed E-state index contributed by atoms with van der Waals surface area (Å²) in [6, 6.07) is -0.295. The Balaban J connectivity index is 2.22. The van der Waals surface area contributed by atoms with Crippen molar-refractivity contribution in [3.63, 3.8) is 0 Å². The quantitative estimate of drug-likeness (QED) is 0.874. The van der Waals surface area contributed by atoms with Crippen LogP contribution in [0.1, 0.15) is 36.5 Å². The number of rotatable bonds is 5. The molecule has 4 nitrogen and oxygen atoms in total. The van der Waals surface area contributed by atoms with Crippen molar-refractivity contribution in [2.24, 2.45) is 5.92 Å². The van der Waals surface area contributed by atoms with Crippen molar-refractivity contribution in [3.05, 3.63) is 24.4 Å². The van der Waals surface area contributed by atoms with Crippen molar-refractivity contribution in [3.8, 4) is 0 Å². The molecule has 122 valence electrons. The molecule has 2 rings (SSSR count). The van der Waals surface area contributed by atoms with Gasteiger partial charge in [-0.15, -0.1) is 0 Å². The highest BCUT2D eigenvalue weighted by atomic mass is 19.4. The van der Waals surface area contributed by atoms with Gasteiger partial charge in [-0.2, -0.15) is 13.2 Å². The maximum atomic E-state index is 13.1. The molecule has 1 aliphatic rings. The summed E-state index contributed by atoms with van der Waals surface area (Å²) in [5.41, 5.74) is 0.842. The van der Waals surface area contributed by atoms with Gasteiger partial charge in [0.05, 0.1) is 5.56 Å². The maximum Gasteiger partial charge on any atom is 0.408 e. The van der Waals surface area contributed by atoms with Crippen LogP contribution in [0, 0.1) is 5.92 Å². The third-order valence-corrected chi connectivity index (χ3v) is 4.04. The zero-order valence-corrected chi connectivity index (χ0v) is 12.6. The van der Waals surface area contributed by atoms with Crippen molar-refractivity contribution in [1.29, 1.82) is 0 Å². The molecule has 1 saturated carbocycles. The fraction of sp³-hybridized carbons (Fsp3) is 0.533. The largest absolute Gasteiger partial charge is 0.408 e. The van der Waals surface area contributed by atoms with Crippen LogP contribution in [0.2, 0.25) is 0 Å². The van der Waals surface area contributed by atoms with E-state index in [1.54, 1.807) is 24.7 Å². The molecule has 0 spiro atoms. The Kier molecular flexibility index (Phi) is 4.53. The fourth-order valence-electron chi connectivity index (χ4n) is 2.65. The Hall–Kier alpha value is -1.92. The van der Waals surface area contributed by atoms with E-state index in [1.165, 1.54) is 6.07 Å². The van der Waals surface area contributed by atoms with Crippen LogP contribution >= 0.6 is 0 Å². The van der Waals surface area contributed by atoms with Crippen LogP contribution in [0.3, 0.4) is 0 Å². The first kappa shape index (κ1) is 16.5. The van der Waals surface area contributed by atoms with Gasteiger partial charge in [-0.25, -0.2) is 0 Å². The summed E-state index contributed by atoms with van der Waals surface area (Å²) in [6.07, 6.45) is -1.06. The molecule has 1 aromatic heterocycles. The molecule has 1 aromatic rings. The number of hydrogen-bond donors (Lipinski definition) is 2. The average Bonchev–Trinajstić information content (AvgIpc) is 2.78. The number of nitrogens with zero attached hydrogens (tertiary/aromatic N) is 1. The van der Waals surface area contributed by atoms with E-state index in [0.29, 0.717) is 24.4 Å². The first-order valence-corrected chi connectivity index (χ1v) is 7.18. The van der Waals surface area contributed by atoms with Crippen LogP contribution in [0.4, 0.5) is 19.0 Å². The van der Waals surface area contributed by atoms with E-state index < -0.39 is 24.0 Å². The zero-order valence-electron chi connectivity index (χ0n) is 12.6. The topological polar surface area (TPSA) is 46.1 Å². The normalized spacial score (nSPS) is 16.8. The van der Waals surface area contributed by atoms with Gasteiger partial charge < -0.3 is 15.2 Å². The molecule has 0 bridgehead atoms. The van der Waals surface area contributed by atoms with E-state index in [0.717, 1.165) is 6.42 Å². The van der Waals surface area contributed by atoms with Crippen molar-refractivity contribution >= 4 is 17.4 Å². The van der Waals surface area contributed by atoms with Crippen LogP contribution < -0.4 is 10.6 Å². The molecule has 0 aromatic carbocycles. The number of carbonyl (C=O) groups excluding carboxylic acids is 1. The second-order valence-corrected chi connectivity index (χ2v) is 5.62. The second kappa shape index (κ2) is 6.06. The van der Waals surface area contributed by atoms with Crippen LogP contribution in [-0.4, -0.2) is 29.7 Å². The molecule has 1 aliphatic carbocycles. The lowest BCUT2D eigenvalue weighted by Crippen LogP contribution is -2.52. The standard InChI is InChI=1S/C15H20F3N3O/c1-9(2)21-8-7-11(13(21)19-3)14(22)20-12(15(16,17)18)10-5-4-6-10/h7-8,10,12,19H,1,4-6H2,2-3H3,(H,20,22). The predicted molar refractivity (Wildman–Crippen MR) is 79.6 cm³/mol. The highest BCUT2D eigenvalue weighted by molar-refractivity contribution is 5.99. The molecular weight excluding hydrogens is 295 g/mol. The Morgan fingerprint density at radius 2 is 2.09 bits per heavy atom. The summed E-state index contributed by atoms with van der Waals surface area (Å²) in [5.74, 6) is -0.816. The number of aromatic nitrogens is 1. The molecule has 0 radical (unpaired) electrons. The monoisotopic (exact) mass is 315 g/mol. The van der Waals surface area contributed by atoms with Gasteiger partial charge in [0.2, 0.25) is 0 Å². The molecule has 1 fully saturated rings. The number of nitrogens with one attached hydrogen (secondary N) is 2. The maximum absolute atomic E-state index is 13.1. The SMILES string of the molecule is C=C(C)n1ccc(C(=O)NC(C2CCC2)C(F)(F)F)c1NC. The minimum Gasteiger partial charge on any atom is -0.374 e. The molecule has 1 heterocycles. The van der Waals surface area contributed by atoms with Crippen molar-refractivity contribution in [2.75, 3.05) is 12.4 Å². The molecule has 1 unspecified atom stereocenters. The van der Waals surface area contributed by atoms with Crippen molar-refractivity contribution in [1.82, 2.24) is 9.88 Å². The first-order chi connectivity index (χ1) is 10.3. The third-order valence-electron chi connectivity index (χ3n) is 4.04.